The van der Waals surface area contributed by atoms with Crippen LogP contribution in [0.3, 0.4) is 0 Å². The Morgan fingerprint density at radius 3 is 1.96 bits per heavy atom. The molecule has 5 heteroatoms. The van der Waals surface area contributed by atoms with Crippen LogP contribution in [0.15, 0.2) is 29.2 Å². The van der Waals surface area contributed by atoms with Gasteiger partial charge in [-0.25, -0.2) is 13.6 Å². The number of unbranched alkanes of at least 4 members (excludes halogenated alkanes) is 9. The molecule has 0 amide bonds. The van der Waals surface area contributed by atoms with Crippen LogP contribution in [0.5, 0.6) is 5.75 Å². The summed E-state index contributed by atoms with van der Waals surface area (Å²) in [7, 11) is -3.72. The van der Waals surface area contributed by atoms with Crippen molar-refractivity contribution in [1.82, 2.24) is 0 Å². The van der Waals surface area contributed by atoms with Crippen molar-refractivity contribution in [3.05, 3.63) is 24.3 Å². The van der Waals surface area contributed by atoms with Gasteiger partial charge in [0.05, 0.1) is 6.61 Å². The fourth-order valence-corrected chi connectivity index (χ4v) is 3.25. The molecule has 0 unspecified atom stereocenters. The second-order valence-electron chi connectivity index (χ2n) is 6.02. The molecule has 4 nitrogen and oxygen atoms in total. The minimum atomic E-state index is -3.72. The summed E-state index contributed by atoms with van der Waals surface area (Å²) in [5.74, 6) is 0.353. The van der Waals surface area contributed by atoms with Crippen LogP contribution in [0.4, 0.5) is 0 Å². The van der Waals surface area contributed by atoms with Crippen LogP contribution in [0.2, 0.25) is 0 Å². The number of primary sulfonamides is 1. The van der Waals surface area contributed by atoms with E-state index in [1.54, 1.807) is 18.2 Å². The van der Waals surface area contributed by atoms with E-state index in [2.05, 4.69) is 6.92 Å². The normalized spacial score (nSPS) is 11.6. The van der Waals surface area contributed by atoms with Crippen molar-refractivity contribution in [2.75, 3.05) is 6.61 Å². The zero-order valence-electron chi connectivity index (χ0n) is 14.3. The van der Waals surface area contributed by atoms with Crippen LogP contribution in [0, 0.1) is 0 Å². The van der Waals surface area contributed by atoms with Crippen molar-refractivity contribution in [3.8, 4) is 5.75 Å². The molecular formula is C18H31NO3S. The highest BCUT2D eigenvalue weighted by atomic mass is 32.2. The summed E-state index contributed by atoms with van der Waals surface area (Å²) in [5, 5.41) is 5.18. The highest BCUT2D eigenvalue weighted by Gasteiger charge is 2.13. The number of para-hydroxylation sites is 1. The molecule has 1 rings (SSSR count). The molecule has 2 N–H and O–H groups in total. The summed E-state index contributed by atoms with van der Waals surface area (Å²) in [6.07, 6.45) is 12.6. The zero-order chi connectivity index (χ0) is 17.0. The van der Waals surface area contributed by atoms with Gasteiger partial charge < -0.3 is 4.74 Å². The molecule has 0 saturated heterocycles. The average molecular weight is 342 g/mol. The summed E-state index contributed by atoms with van der Waals surface area (Å²) in [6.45, 7) is 2.77. The number of ether oxygens (including phenoxy) is 1. The van der Waals surface area contributed by atoms with Gasteiger partial charge in [0.1, 0.15) is 10.6 Å². The lowest BCUT2D eigenvalue weighted by atomic mass is 10.1. The van der Waals surface area contributed by atoms with Crippen molar-refractivity contribution in [1.29, 1.82) is 0 Å². The van der Waals surface area contributed by atoms with Gasteiger partial charge in [-0.1, -0.05) is 76.8 Å². The van der Waals surface area contributed by atoms with E-state index in [9.17, 15) is 8.42 Å². The Kier molecular flexibility index (Phi) is 9.96. The molecule has 0 bridgehead atoms. The minimum Gasteiger partial charge on any atom is -0.492 e. The number of hydrogen-bond donors (Lipinski definition) is 1. The van der Waals surface area contributed by atoms with E-state index in [0.29, 0.717) is 12.4 Å². The first kappa shape index (κ1) is 20.0. The van der Waals surface area contributed by atoms with E-state index in [4.69, 9.17) is 9.88 Å². The molecule has 0 aliphatic heterocycles. The molecule has 0 radical (unpaired) electrons. The smallest absolute Gasteiger partial charge is 0.241 e. The Morgan fingerprint density at radius 1 is 0.870 bits per heavy atom. The quantitative estimate of drug-likeness (QED) is 0.532. The Hall–Kier alpha value is -1.07. The lowest BCUT2D eigenvalue weighted by molar-refractivity contribution is 0.297. The van der Waals surface area contributed by atoms with Gasteiger partial charge in [0, 0.05) is 0 Å². The molecule has 23 heavy (non-hydrogen) atoms. The topological polar surface area (TPSA) is 69.4 Å². The molecule has 1 aromatic carbocycles. The van der Waals surface area contributed by atoms with Crippen molar-refractivity contribution in [3.63, 3.8) is 0 Å². The number of benzene rings is 1. The lowest BCUT2D eigenvalue weighted by Gasteiger charge is -2.09. The predicted molar refractivity (Wildman–Crippen MR) is 95.2 cm³/mol. The van der Waals surface area contributed by atoms with Crippen LogP contribution in [-0.2, 0) is 10.0 Å². The van der Waals surface area contributed by atoms with Crippen LogP contribution < -0.4 is 9.88 Å². The number of nitrogens with two attached hydrogens (primary N) is 1. The van der Waals surface area contributed by atoms with E-state index in [1.807, 2.05) is 0 Å². The summed E-state index contributed by atoms with van der Waals surface area (Å²) in [5.41, 5.74) is 0. The van der Waals surface area contributed by atoms with E-state index in [0.717, 1.165) is 12.8 Å². The first-order chi connectivity index (χ1) is 11.1. The summed E-state index contributed by atoms with van der Waals surface area (Å²) in [4.78, 5) is 0.0621. The maximum absolute atomic E-state index is 11.5. The minimum absolute atomic E-state index is 0.0621. The molecule has 132 valence electrons. The second kappa shape index (κ2) is 11.5. The van der Waals surface area contributed by atoms with E-state index in [-0.39, 0.29) is 4.90 Å². The summed E-state index contributed by atoms with van der Waals surface area (Å²) >= 11 is 0. The van der Waals surface area contributed by atoms with Crippen LogP contribution >= 0.6 is 0 Å². The van der Waals surface area contributed by atoms with Gasteiger partial charge in [0.2, 0.25) is 10.0 Å². The Bertz CT molecular complexity index is 529. The molecule has 0 spiro atoms. The Balaban J connectivity index is 2.10. The Labute approximate surface area is 141 Å². The van der Waals surface area contributed by atoms with Gasteiger partial charge in [-0.3, -0.25) is 0 Å². The van der Waals surface area contributed by atoms with Gasteiger partial charge in [-0.2, -0.15) is 0 Å². The zero-order valence-corrected chi connectivity index (χ0v) is 15.1. The maximum Gasteiger partial charge on any atom is 0.241 e. The SMILES string of the molecule is CCCCCCCCCCCCOc1ccccc1S(N)(=O)=O. The third-order valence-electron chi connectivity index (χ3n) is 3.91. The first-order valence-electron chi connectivity index (χ1n) is 8.80. The summed E-state index contributed by atoms with van der Waals surface area (Å²) < 4.78 is 28.5. The molecule has 1 aromatic rings. The second-order valence-corrected chi connectivity index (χ2v) is 7.55. The maximum atomic E-state index is 11.5. The van der Waals surface area contributed by atoms with E-state index in [1.165, 1.54) is 57.4 Å². The highest BCUT2D eigenvalue weighted by Crippen LogP contribution is 2.22. The fourth-order valence-electron chi connectivity index (χ4n) is 2.58. The third-order valence-corrected chi connectivity index (χ3v) is 4.86. The average Bonchev–Trinajstić information content (AvgIpc) is 2.52. The van der Waals surface area contributed by atoms with E-state index < -0.39 is 10.0 Å². The molecular weight excluding hydrogens is 310 g/mol. The van der Waals surface area contributed by atoms with Crippen molar-refractivity contribution < 1.29 is 13.2 Å². The molecule has 0 fully saturated rings. The predicted octanol–water partition coefficient (Wildman–Crippen LogP) is 4.63. The van der Waals surface area contributed by atoms with Crippen LogP contribution in [0.25, 0.3) is 0 Å². The monoisotopic (exact) mass is 341 g/mol. The van der Waals surface area contributed by atoms with Crippen molar-refractivity contribution >= 4 is 10.0 Å². The van der Waals surface area contributed by atoms with Crippen LogP contribution in [0.1, 0.15) is 71.1 Å². The van der Waals surface area contributed by atoms with Gasteiger partial charge in [-0.15, -0.1) is 0 Å². The molecule has 0 atom stereocenters. The molecule has 0 heterocycles. The lowest BCUT2D eigenvalue weighted by Crippen LogP contribution is -2.14. The highest BCUT2D eigenvalue weighted by molar-refractivity contribution is 7.89. The van der Waals surface area contributed by atoms with Crippen LogP contribution in [-0.4, -0.2) is 15.0 Å². The Morgan fingerprint density at radius 2 is 1.39 bits per heavy atom. The molecule has 0 aromatic heterocycles. The number of rotatable bonds is 13. The van der Waals surface area contributed by atoms with Gasteiger partial charge in [0.15, 0.2) is 0 Å². The standard InChI is InChI=1S/C18H31NO3S/c1-2-3-4-5-6-7-8-9-10-13-16-22-17-14-11-12-15-18(17)23(19,20)21/h11-12,14-15H,2-10,13,16H2,1H3,(H2,19,20,21). The van der Waals surface area contributed by atoms with Crippen molar-refractivity contribution in [2.45, 2.75) is 76.0 Å². The number of sulfonamides is 1. The van der Waals surface area contributed by atoms with Gasteiger partial charge in [0.25, 0.3) is 0 Å². The van der Waals surface area contributed by atoms with Gasteiger partial charge in [-0.05, 0) is 18.6 Å². The largest absolute Gasteiger partial charge is 0.492 e. The van der Waals surface area contributed by atoms with E-state index >= 15 is 0 Å². The number of hydrogen-bond acceptors (Lipinski definition) is 3. The van der Waals surface area contributed by atoms with Gasteiger partial charge >= 0.3 is 0 Å². The molecule has 0 aliphatic carbocycles. The molecule has 0 aliphatic rings. The third kappa shape index (κ3) is 8.96. The first-order valence-corrected chi connectivity index (χ1v) is 10.3. The van der Waals surface area contributed by atoms with Crippen molar-refractivity contribution in [2.24, 2.45) is 5.14 Å². The summed E-state index contributed by atoms with van der Waals surface area (Å²) in [6, 6.07) is 6.52. The fraction of sp³-hybridized carbons (Fsp3) is 0.667. The molecule has 0 saturated carbocycles.